The van der Waals surface area contributed by atoms with Gasteiger partial charge in [-0.1, -0.05) is 0 Å². The highest BCUT2D eigenvalue weighted by atomic mass is 79.9. The lowest BCUT2D eigenvalue weighted by Crippen LogP contribution is -1.98. The Labute approximate surface area is 80.3 Å². The molecular formula is C9H11BrN2. The van der Waals surface area contributed by atoms with Crippen molar-refractivity contribution in [2.75, 3.05) is 0 Å². The Morgan fingerprint density at radius 2 is 2.33 bits per heavy atom. The molecule has 12 heavy (non-hydrogen) atoms. The van der Waals surface area contributed by atoms with Gasteiger partial charge in [0.1, 0.15) is 0 Å². The van der Waals surface area contributed by atoms with Crippen LogP contribution in [0.1, 0.15) is 30.0 Å². The van der Waals surface area contributed by atoms with E-state index in [1.165, 1.54) is 18.5 Å². The maximum Gasteiger partial charge on any atom is 0.0576 e. The van der Waals surface area contributed by atoms with E-state index >= 15 is 0 Å². The molecule has 1 aliphatic carbocycles. The molecule has 1 fully saturated rings. The van der Waals surface area contributed by atoms with Crippen molar-refractivity contribution < 1.29 is 0 Å². The van der Waals surface area contributed by atoms with Crippen molar-refractivity contribution in [1.82, 2.24) is 4.98 Å². The number of rotatable bonds is 2. The van der Waals surface area contributed by atoms with E-state index in [0.29, 0.717) is 12.5 Å². The maximum absolute atomic E-state index is 5.50. The first-order valence-corrected chi connectivity index (χ1v) is 4.95. The van der Waals surface area contributed by atoms with Crippen LogP contribution in [-0.4, -0.2) is 4.98 Å². The predicted molar refractivity (Wildman–Crippen MR) is 51.8 cm³/mol. The summed E-state index contributed by atoms with van der Waals surface area (Å²) in [4.78, 5) is 4.38. The number of hydrogen-bond donors (Lipinski definition) is 1. The Bertz CT molecular complexity index is 295. The lowest BCUT2D eigenvalue weighted by atomic mass is 10.2. The van der Waals surface area contributed by atoms with Gasteiger partial charge in [0.25, 0.3) is 0 Å². The van der Waals surface area contributed by atoms with E-state index in [9.17, 15) is 0 Å². The summed E-state index contributed by atoms with van der Waals surface area (Å²) in [6.07, 6.45) is 4.44. The Morgan fingerprint density at radius 1 is 1.58 bits per heavy atom. The van der Waals surface area contributed by atoms with E-state index in [1.54, 1.807) is 0 Å². The second kappa shape index (κ2) is 3.15. The van der Waals surface area contributed by atoms with Gasteiger partial charge in [-0.3, -0.25) is 4.98 Å². The average Bonchev–Trinajstić information content (AvgIpc) is 2.87. The summed E-state index contributed by atoms with van der Waals surface area (Å²) < 4.78 is 1.12. The summed E-state index contributed by atoms with van der Waals surface area (Å²) in [6, 6.07) is 2.07. The Kier molecular flexibility index (Phi) is 2.15. The molecule has 1 heterocycles. The molecule has 2 rings (SSSR count). The minimum atomic E-state index is 0.566. The van der Waals surface area contributed by atoms with E-state index in [0.717, 1.165) is 10.0 Å². The van der Waals surface area contributed by atoms with Crippen molar-refractivity contribution in [3.8, 4) is 0 Å². The lowest BCUT2D eigenvalue weighted by Gasteiger charge is -2.02. The smallest absolute Gasteiger partial charge is 0.0576 e. The maximum atomic E-state index is 5.50. The van der Waals surface area contributed by atoms with Gasteiger partial charge in [-0.2, -0.15) is 0 Å². The van der Waals surface area contributed by atoms with Gasteiger partial charge in [-0.05, 0) is 40.4 Å². The minimum absolute atomic E-state index is 0.566. The fourth-order valence-electron chi connectivity index (χ4n) is 1.26. The number of pyridine rings is 1. The first-order chi connectivity index (χ1) is 5.81. The Morgan fingerprint density at radius 3 is 2.83 bits per heavy atom. The quantitative estimate of drug-likeness (QED) is 0.840. The SMILES string of the molecule is NCc1cnc(C2CC2)c(Br)c1. The summed E-state index contributed by atoms with van der Waals surface area (Å²) in [6.45, 7) is 0.566. The van der Waals surface area contributed by atoms with Crippen molar-refractivity contribution in [2.24, 2.45) is 5.73 Å². The molecule has 0 bridgehead atoms. The van der Waals surface area contributed by atoms with Crippen LogP contribution in [-0.2, 0) is 6.54 Å². The molecule has 2 nitrogen and oxygen atoms in total. The predicted octanol–water partition coefficient (Wildman–Crippen LogP) is 2.18. The second-order valence-corrected chi connectivity index (χ2v) is 4.04. The van der Waals surface area contributed by atoms with Gasteiger partial charge >= 0.3 is 0 Å². The lowest BCUT2D eigenvalue weighted by molar-refractivity contribution is 0.969. The van der Waals surface area contributed by atoms with Crippen molar-refractivity contribution in [2.45, 2.75) is 25.3 Å². The summed E-state index contributed by atoms with van der Waals surface area (Å²) in [5.41, 5.74) is 7.79. The fourth-order valence-corrected chi connectivity index (χ4v) is 1.98. The standard InChI is InChI=1S/C9H11BrN2/c10-8-3-6(4-11)5-12-9(8)7-1-2-7/h3,5,7H,1-2,4,11H2. The van der Waals surface area contributed by atoms with Crippen LogP contribution >= 0.6 is 15.9 Å². The number of hydrogen-bond acceptors (Lipinski definition) is 2. The zero-order chi connectivity index (χ0) is 8.55. The molecule has 0 saturated heterocycles. The molecule has 0 radical (unpaired) electrons. The molecule has 3 heteroatoms. The topological polar surface area (TPSA) is 38.9 Å². The highest BCUT2D eigenvalue weighted by molar-refractivity contribution is 9.10. The molecule has 0 atom stereocenters. The third-order valence-electron chi connectivity index (χ3n) is 2.13. The van der Waals surface area contributed by atoms with Crippen molar-refractivity contribution in [1.29, 1.82) is 0 Å². The third kappa shape index (κ3) is 1.52. The van der Waals surface area contributed by atoms with E-state index < -0.39 is 0 Å². The summed E-state index contributed by atoms with van der Waals surface area (Å²) in [5.74, 6) is 0.700. The van der Waals surface area contributed by atoms with Crippen molar-refractivity contribution in [3.05, 3.63) is 28.0 Å². The normalized spacial score (nSPS) is 16.5. The average molecular weight is 227 g/mol. The monoisotopic (exact) mass is 226 g/mol. The molecule has 1 aliphatic rings. The molecule has 64 valence electrons. The van der Waals surface area contributed by atoms with E-state index in [1.807, 2.05) is 6.20 Å². The van der Waals surface area contributed by atoms with Gasteiger partial charge < -0.3 is 5.73 Å². The molecule has 1 aromatic heterocycles. The molecule has 0 amide bonds. The van der Waals surface area contributed by atoms with Crippen molar-refractivity contribution in [3.63, 3.8) is 0 Å². The molecule has 1 aromatic rings. The Balaban J connectivity index is 2.32. The number of nitrogens with zero attached hydrogens (tertiary/aromatic N) is 1. The van der Waals surface area contributed by atoms with Gasteiger partial charge in [0.15, 0.2) is 0 Å². The molecular weight excluding hydrogens is 216 g/mol. The summed E-state index contributed by atoms with van der Waals surface area (Å²) >= 11 is 3.51. The molecule has 0 aromatic carbocycles. The minimum Gasteiger partial charge on any atom is -0.326 e. The van der Waals surface area contributed by atoms with Crippen LogP contribution in [0.5, 0.6) is 0 Å². The zero-order valence-electron chi connectivity index (χ0n) is 6.76. The first-order valence-electron chi connectivity index (χ1n) is 4.15. The van der Waals surface area contributed by atoms with Gasteiger partial charge in [-0.15, -0.1) is 0 Å². The zero-order valence-corrected chi connectivity index (χ0v) is 8.34. The van der Waals surface area contributed by atoms with Crippen LogP contribution in [0.25, 0.3) is 0 Å². The number of aromatic nitrogens is 1. The second-order valence-electron chi connectivity index (χ2n) is 3.19. The molecule has 0 aliphatic heterocycles. The number of nitrogens with two attached hydrogens (primary N) is 1. The third-order valence-corrected chi connectivity index (χ3v) is 2.76. The molecule has 1 saturated carbocycles. The number of halogens is 1. The molecule has 0 unspecified atom stereocenters. The van der Waals surface area contributed by atoms with Gasteiger partial charge in [0.05, 0.1) is 5.69 Å². The fraction of sp³-hybridized carbons (Fsp3) is 0.444. The van der Waals surface area contributed by atoms with Gasteiger partial charge in [0, 0.05) is 23.1 Å². The summed E-state index contributed by atoms with van der Waals surface area (Å²) in [5, 5.41) is 0. The van der Waals surface area contributed by atoms with Crippen LogP contribution in [0.4, 0.5) is 0 Å². The van der Waals surface area contributed by atoms with Gasteiger partial charge in [0.2, 0.25) is 0 Å². The molecule has 0 spiro atoms. The Hall–Kier alpha value is -0.410. The highest BCUT2D eigenvalue weighted by Gasteiger charge is 2.26. The first kappa shape index (κ1) is 8.20. The highest BCUT2D eigenvalue weighted by Crippen LogP contribution is 2.41. The van der Waals surface area contributed by atoms with E-state index in [2.05, 4.69) is 27.0 Å². The van der Waals surface area contributed by atoms with Crippen LogP contribution in [0.15, 0.2) is 16.7 Å². The van der Waals surface area contributed by atoms with Crippen LogP contribution in [0.3, 0.4) is 0 Å². The van der Waals surface area contributed by atoms with E-state index in [-0.39, 0.29) is 0 Å². The largest absolute Gasteiger partial charge is 0.326 e. The van der Waals surface area contributed by atoms with Crippen molar-refractivity contribution >= 4 is 15.9 Å². The molecule has 2 N–H and O–H groups in total. The van der Waals surface area contributed by atoms with Gasteiger partial charge in [-0.25, -0.2) is 0 Å². The van der Waals surface area contributed by atoms with Crippen LogP contribution in [0.2, 0.25) is 0 Å². The van der Waals surface area contributed by atoms with E-state index in [4.69, 9.17) is 5.73 Å². The van der Waals surface area contributed by atoms with Crippen LogP contribution in [0, 0.1) is 0 Å². The van der Waals surface area contributed by atoms with Crippen LogP contribution < -0.4 is 5.73 Å². The summed E-state index contributed by atoms with van der Waals surface area (Å²) in [7, 11) is 0.